The molecular formula is C19H22BrN3O3. The first-order valence-electron chi connectivity index (χ1n) is 8.49. The summed E-state index contributed by atoms with van der Waals surface area (Å²) in [6.45, 7) is 4.14. The van der Waals surface area contributed by atoms with Crippen molar-refractivity contribution in [1.29, 1.82) is 0 Å². The molecule has 26 heavy (non-hydrogen) atoms. The Bertz CT molecular complexity index is 813. The van der Waals surface area contributed by atoms with Crippen molar-refractivity contribution in [2.24, 2.45) is 5.92 Å². The fourth-order valence-electron chi connectivity index (χ4n) is 3.23. The lowest BCUT2D eigenvalue weighted by molar-refractivity contribution is -0.144. The standard InChI is InChI=1S/C19H22BrN3O3/c1-12-14(5-4-6-15(12)20)16-9-21-17(18(22-16)25-2)11-23-8-7-13(10-23)19(24)26-3/h4-6,9,13H,7-8,10-11H2,1-3H3/t13-/m1/s1. The average molecular weight is 420 g/mol. The summed E-state index contributed by atoms with van der Waals surface area (Å²) in [5.74, 6) is 0.303. The Morgan fingerprint density at radius 1 is 1.38 bits per heavy atom. The molecule has 6 nitrogen and oxygen atoms in total. The molecule has 1 aromatic heterocycles. The second-order valence-corrected chi connectivity index (χ2v) is 7.22. The number of hydrogen-bond donors (Lipinski definition) is 0. The van der Waals surface area contributed by atoms with E-state index in [1.165, 1.54) is 7.11 Å². The van der Waals surface area contributed by atoms with Crippen LogP contribution in [0.1, 0.15) is 17.7 Å². The number of carbonyl (C=O) groups is 1. The minimum absolute atomic E-state index is 0.0671. The van der Waals surface area contributed by atoms with Gasteiger partial charge in [-0.2, -0.15) is 0 Å². The van der Waals surface area contributed by atoms with Crippen LogP contribution in [0.15, 0.2) is 28.9 Å². The Kier molecular flexibility index (Phi) is 5.88. The fourth-order valence-corrected chi connectivity index (χ4v) is 3.60. The number of nitrogens with zero attached hydrogens (tertiary/aromatic N) is 3. The number of likely N-dealkylation sites (tertiary alicyclic amines) is 1. The highest BCUT2D eigenvalue weighted by atomic mass is 79.9. The largest absolute Gasteiger partial charge is 0.480 e. The van der Waals surface area contributed by atoms with Crippen molar-refractivity contribution in [1.82, 2.24) is 14.9 Å². The molecule has 2 heterocycles. The number of benzene rings is 1. The number of methoxy groups -OCH3 is 2. The molecule has 0 aliphatic carbocycles. The number of hydrogen-bond acceptors (Lipinski definition) is 6. The molecule has 1 fully saturated rings. The zero-order chi connectivity index (χ0) is 18.7. The maximum absolute atomic E-state index is 11.7. The smallest absolute Gasteiger partial charge is 0.310 e. The molecule has 1 atom stereocenters. The molecule has 1 aromatic carbocycles. The zero-order valence-electron chi connectivity index (χ0n) is 15.2. The predicted molar refractivity (Wildman–Crippen MR) is 102 cm³/mol. The van der Waals surface area contributed by atoms with Crippen LogP contribution in [0.25, 0.3) is 11.3 Å². The van der Waals surface area contributed by atoms with Gasteiger partial charge in [-0.05, 0) is 31.5 Å². The van der Waals surface area contributed by atoms with Crippen LogP contribution in [0.4, 0.5) is 0 Å². The van der Waals surface area contributed by atoms with Crippen LogP contribution in [0.3, 0.4) is 0 Å². The van der Waals surface area contributed by atoms with E-state index in [1.54, 1.807) is 13.3 Å². The van der Waals surface area contributed by atoms with Crippen LogP contribution < -0.4 is 4.74 Å². The van der Waals surface area contributed by atoms with Crippen LogP contribution in [0, 0.1) is 12.8 Å². The van der Waals surface area contributed by atoms with Crippen molar-refractivity contribution in [3.63, 3.8) is 0 Å². The Balaban J connectivity index is 1.80. The van der Waals surface area contributed by atoms with Gasteiger partial charge in [0.25, 0.3) is 0 Å². The third-order valence-corrected chi connectivity index (χ3v) is 5.59. The summed E-state index contributed by atoms with van der Waals surface area (Å²) >= 11 is 3.55. The van der Waals surface area contributed by atoms with Crippen molar-refractivity contribution in [2.75, 3.05) is 27.3 Å². The molecule has 7 heteroatoms. The van der Waals surface area contributed by atoms with Crippen molar-refractivity contribution < 1.29 is 14.3 Å². The van der Waals surface area contributed by atoms with Gasteiger partial charge in [0, 0.05) is 23.1 Å². The third-order valence-electron chi connectivity index (χ3n) is 4.73. The van der Waals surface area contributed by atoms with Gasteiger partial charge in [-0.3, -0.25) is 14.7 Å². The normalized spacial score (nSPS) is 17.3. The molecule has 3 rings (SSSR count). The van der Waals surface area contributed by atoms with Crippen LogP contribution in [-0.2, 0) is 16.1 Å². The second kappa shape index (κ2) is 8.14. The quantitative estimate of drug-likeness (QED) is 0.693. The van der Waals surface area contributed by atoms with Crippen molar-refractivity contribution >= 4 is 21.9 Å². The Labute approximate surface area is 161 Å². The number of halogens is 1. The number of carbonyl (C=O) groups excluding carboxylic acids is 1. The lowest BCUT2D eigenvalue weighted by Gasteiger charge is -2.17. The first-order chi connectivity index (χ1) is 12.5. The molecule has 138 valence electrons. The summed E-state index contributed by atoms with van der Waals surface area (Å²) in [5.41, 5.74) is 3.67. The van der Waals surface area contributed by atoms with E-state index in [2.05, 4.69) is 30.8 Å². The lowest BCUT2D eigenvalue weighted by Crippen LogP contribution is -2.24. The van der Waals surface area contributed by atoms with Gasteiger partial charge in [-0.15, -0.1) is 0 Å². The first-order valence-corrected chi connectivity index (χ1v) is 9.28. The van der Waals surface area contributed by atoms with E-state index in [-0.39, 0.29) is 11.9 Å². The molecule has 1 saturated heterocycles. The predicted octanol–water partition coefficient (Wildman–Crippen LogP) is 3.22. The summed E-state index contributed by atoms with van der Waals surface area (Å²) in [5, 5.41) is 0. The second-order valence-electron chi connectivity index (χ2n) is 6.37. The molecule has 1 aliphatic rings. The Morgan fingerprint density at radius 3 is 2.92 bits per heavy atom. The molecule has 2 aromatic rings. The van der Waals surface area contributed by atoms with E-state index in [4.69, 9.17) is 9.47 Å². The van der Waals surface area contributed by atoms with Gasteiger partial charge in [-0.25, -0.2) is 4.98 Å². The molecule has 0 amide bonds. The summed E-state index contributed by atoms with van der Waals surface area (Å²) in [7, 11) is 3.04. The molecule has 0 N–H and O–H groups in total. The van der Waals surface area contributed by atoms with Gasteiger partial charge < -0.3 is 9.47 Å². The van der Waals surface area contributed by atoms with Crippen LogP contribution in [0.5, 0.6) is 5.88 Å². The van der Waals surface area contributed by atoms with E-state index >= 15 is 0 Å². The van der Waals surface area contributed by atoms with E-state index < -0.39 is 0 Å². The summed E-state index contributed by atoms with van der Waals surface area (Å²) in [6.07, 6.45) is 2.58. The minimum atomic E-state index is -0.147. The summed E-state index contributed by atoms with van der Waals surface area (Å²) in [6, 6.07) is 6.00. The Hall–Kier alpha value is -1.99. The van der Waals surface area contributed by atoms with E-state index in [1.807, 2.05) is 25.1 Å². The lowest BCUT2D eigenvalue weighted by atomic mass is 10.1. The SMILES string of the molecule is COC(=O)[C@@H]1CCN(Cc2ncc(-c3cccc(Br)c3C)nc2OC)C1. The number of aromatic nitrogens is 2. The number of ether oxygens (including phenoxy) is 2. The summed E-state index contributed by atoms with van der Waals surface area (Å²) in [4.78, 5) is 23.1. The van der Waals surface area contributed by atoms with Gasteiger partial charge in [0.1, 0.15) is 5.69 Å². The van der Waals surface area contributed by atoms with E-state index in [0.717, 1.165) is 40.0 Å². The van der Waals surface area contributed by atoms with E-state index in [0.29, 0.717) is 19.0 Å². The van der Waals surface area contributed by atoms with Crippen molar-refractivity contribution in [3.05, 3.63) is 40.1 Å². The molecule has 0 saturated carbocycles. The van der Waals surface area contributed by atoms with Crippen LogP contribution in [-0.4, -0.2) is 48.1 Å². The van der Waals surface area contributed by atoms with Crippen molar-refractivity contribution in [2.45, 2.75) is 19.9 Å². The van der Waals surface area contributed by atoms with Gasteiger partial charge in [0.05, 0.1) is 32.0 Å². The molecule has 1 aliphatic heterocycles. The molecular weight excluding hydrogens is 398 g/mol. The monoisotopic (exact) mass is 419 g/mol. The topological polar surface area (TPSA) is 64.5 Å². The molecule has 0 spiro atoms. The fraction of sp³-hybridized carbons (Fsp3) is 0.421. The molecule has 0 unspecified atom stereocenters. The van der Waals surface area contributed by atoms with Gasteiger partial charge >= 0.3 is 5.97 Å². The molecule has 0 bridgehead atoms. The highest BCUT2D eigenvalue weighted by Gasteiger charge is 2.29. The average Bonchev–Trinajstić information content (AvgIpc) is 3.12. The van der Waals surface area contributed by atoms with Gasteiger partial charge in [-0.1, -0.05) is 28.1 Å². The maximum atomic E-state index is 11.7. The minimum Gasteiger partial charge on any atom is -0.480 e. The zero-order valence-corrected chi connectivity index (χ0v) is 16.7. The maximum Gasteiger partial charge on any atom is 0.310 e. The number of esters is 1. The van der Waals surface area contributed by atoms with Crippen molar-refractivity contribution in [3.8, 4) is 17.1 Å². The van der Waals surface area contributed by atoms with Crippen LogP contribution >= 0.6 is 15.9 Å². The molecule has 0 radical (unpaired) electrons. The Morgan fingerprint density at radius 2 is 2.19 bits per heavy atom. The first kappa shape index (κ1) is 18.8. The highest BCUT2D eigenvalue weighted by molar-refractivity contribution is 9.10. The third kappa shape index (κ3) is 3.88. The van der Waals surface area contributed by atoms with E-state index in [9.17, 15) is 4.79 Å². The number of rotatable bonds is 5. The highest BCUT2D eigenvalue weighted by Crippen LogP contribution is 2.29. The van der Waals surface area contributed by atoms with Gasteiger partial charge in [0.15, 0.2) is 0 Å². The van der Waals surface area contributed by atoms with Gasteiger partial charge in [0.2, 0.25) is 5.88 Å². The van der Waals surface area contributed by atoms with Crippen LogP contribution in [0.2, 0.25) is 0 Å². The summed E-state index contributed by atoms with van der Waals surface area (Å²) < 4.78 is 11.4.